The molecule has 0 saturated heterocycles. The van der Waals surface area contributed by atoms with Crippen molar-refractivity contribution in [1.29, 1.82) is 0 Å². The number of anilines is 2. The van der Waals surface area contributed by atoms with Crippen molar-refractivity contribution in [2.45, 2.75) is 29.5 Å². The molecule has 9 heteroatoms. The second kappa shape index (κ2) is 5.53. The lowest BCUT2D eigenvalue weighted by atomic mass is 10.3. The molecule has 0 aliphatic heterocycles. The maximum atomic E-state index is 12.5. The fraction of sp³-hybridized carbons (Fsp3) is 0.417. The molecule has 0 aromatic carbocycles. The van der Waals surface area contributed by atoms with Gasteiger partial charge in [0.15, 0.2) is 15.7 Å². The number of aromatic nitrogens is 1. The summed E-state index contributed by atoms with van der Waals surface area (Å²) in [6.45, 7) is 0.622. The Morgan fingerprint density at radius 1 is 1.52 bits per heavy atom. The van der Waals surface area contributed by atoms with E-state index in [1.807, 2.05) is 23.4 Å². The number of halogens is 1. The van der Waals surface area contributed by atoms with Gasteiger partial charge in [0, 0.05) is 13.6 Å². The van der Waals surface area contributed by atoms with Crippen LogP contribution in [0.5, 0.6) is 0 Å². The average Bonchev–Trinajstić information content (AvgIpc) is 3.09. The molecule has 0 atom stereocenters. The van der Waals surface area contributed by atoms with E-state index in [0.717, 1.165) is 33.7 Å². The van der Waals surface area contributed by atoms with Crippen LogP contribution >= 0.6 is 38.8 Å². The highest BCUT2D eigenvalue weighted by Gasteiger charge is 2.41. The topological polar surface area (TPSA) is 76.3 Å². The van der Waals surface area contributed by atoms with E-state index in [9.17, 15) is 8.42 Å². The van der Waals surface area contributed by atoms with Gasteiger partial charge in [0.2, 0.25) is 0 Å². The SMILES string of the molecule is CN(Cc1csc(Br)c1)c1snc(N)c1S(=O)(=O)C1CC1. The number of sulfone groups is 1. The van der Waals surface area contributed by atoms with Gasteiger partial charge in [0.25, 0.3) is 0 Å². The monoisotopic (exact) mass is 407 g/mol. The zero-order chi connectivity index (χ0) is 15.2. The van der Waals surface area contributed by atoms with Gasteiger partial charge in [-0.05, 0) is 57.3 Å². The van der Waals surface area contributed by atoms with Crippen LogP contribution in [0.1, 0.15) is 18.4 Å². The average molecular weight is 408 g/mol. The van der Waals surface area contributed by atoms with Gasteiger partial charge in [-0.1, -0.05) is 0 Å². The maximum Gasteiger partial charge on any atom is 0.187 e. The fourth-order valence-electron chi connectivity index (χ4n) is 2.11. The number of nitrogens with zero attached hydrogens (tertiary/aromatic N) is 2. The Balaban J connectivity index is 1.92. The molecule has 114 valence electrons. The Kier molecular flexibility index (Phi) is 4.02. The van der Waals surface area contributed by atoms with Gasteiger partial charge in [-0.2, -0.15) is 4.37 Å². The highest BCUT2D eigenvalue weighted by molar-refractivity contribution is 9.11. The molecule has 1 aliphatic carbocycles. The van der Waals surface area contributed by atoms with Crippen LogP contribution in [0.25, 0.3) is 0 Å². The Labute approximate surface area is 140 Å². The van der Waals surface area contributed by atoms with E-state index in [1.54, 1.807) is 11.3 Å². The van der Waals surface area contributed by atoms with E-state index in [-0.39, 0.29) is 16.0 Å². The number of thiophene rings is 1. The third kappa shape index (κ3) is 2.96. The van der Waals surface area contributed by atoms with E-state index in [0.29, 0.717) is 11.5 Å². The molecular formula is C12H14BrN3O2S3. The zero-order valence-corrected chi connectivity index (χ0v) is 15.3. The van der Waals surface area contributed by atoms with Crippen molar-refractivity contribution in [2.24, 2.45) is 0 Å². The van der Waals surface area contributed by atoms with Crippen LogP contribution in [0.15, 0.2) is 20.1 Å². The molecule has 0 spiro atoms. The molecule has 5 nitrogen and oxygen atoms in total. The van der Waals surface area contributed by atoms with Crippen molar-refractivity contribution in [2.75, 3.05) is 17.7 Å². The summed E-state index contributed by atoms with van der Waals surface area (Å²) in [6.07, 6.45) is 1.44. The van der Waals surface area contributed by atoms with E-state index in [4.69, 9.17) is 5.73 Å². The van der Waals surface area contributed by atoms with E-state index in [1.165, 1.54) is 0 Å². The Bertz CT molecular complexity index is 765. The maximum absolute atomic E-state index is 12.5. The normalized spacial score (nSPS) is 15.3. The van der Waals surface area contributed by atoms with Gasteiger partial charge in [-0.3, -0.25) is 0 Å². The van der Waals surface area contributed by atoms with Crippen molar-refractivity contribution >= 4 is 59.5 Å². The van der Waals surface area contributed by atoms with E-state index >= 15 is 0 Å². The molecule has 0 amide bonds. The summed E-state index contributed by atoms with van der Waals surface area (Å²) < 4.78 is 30.1. The van der Waals surface area contributed by atoms with Crippen molar-refractivity contribution in [3.05, 3.63) is 20.8 Å². The number of hydrogen-bond donors (Lipinski definition) is 1. The second-order valence-corrected chi connectivity index (χ2v) is 10.3. The van der Waals surface area contributed by atoms with Crippen LogP contribution in [0.3, 0.4) is 0 Å². The summed E-state index contributed by atoms with van der Waals surface area (Å²) in [4.78, 5) is 2.12. The third-order valence-electron chi connectivity index (χ3n) is 3.29. The second-order valence-electron chi connectivity index (χ2n) is 5.06. The minimum absolute atomic E-state index is 0.125. The molecule has 1 aliphatic rings. The van der Waals surface area contributed by atoms with Gasteiger partial charge >= 0.3 is 0 Å². The Morgan fingerprint density at radius 3 is 2.81 bits per heavy atom. The highest BCUT2D eigenvalue weighted by Crippen LogP contribution is 2.42. The van der Waals surface area contributed by atoms with Crippen LogP contribution in [-0.2, 0) is 16.4 Å². The van der Waals surface area contributed by atoms with Gasteiger partial charge in [0.05, 0.1) is 9.04 Å². The summed E-state index contributed by atoms with van der Waals surface area (Å²) >= 11 is 6.18. The Morgan fingerprint density at radius 2 is 2.24 bits per heavy atom. The Hall–Kier alpha value is -0.640. The standard InChI is InChI=1S/C12H14BrN3O2S3/c1-16(5-7-4-9(13)19-6-7)12-10(11(14)15-20-12)21(17,18)8-2-3-8/h4,6,8H,2-3,5H2,1H3,(H2,14,15). The molecule has 21 heavy (non-hydrogen) atoms. The number of nitrogens with two attached hydrogens (primary N) is 1. The molecule has 0 unspecified atom stereocenters. The summed E-state index contributed by atoms with van der Waals surface area (Å²) in [7, 11) is -1.48. The molecular weight excluding hydrogens is 394 g/mol. The van der Waals surface area contributed by atoms with Crippen molar-refractivity contribution in [1.82, 2.24) is 4.37 Å². The van der Waals surface area contributed by atoms with Crippen LogP contribution in [0.4, 0.5) is 10.8 Å². The number of nitrogen functional groups attached to an aromatic ring is 1. The van der Waals surface area contributed by atoms with Crippen LogP contribution in [0.2, 0.25) is 0 Å². The van der Waals surface area contributed by atoms with Crippen LogP contribution < -0.4 is 10.6 Å². The number of hydrogen-bond acceptors (Lipinski definition) is 7. The smallest absolute Gasteiger partial charge is 0.187 e. The largest absolute Gasteiger partial charge is 0.382 e. The minimum atomic E-state index is -3.34. The van der Waals surface area contributed by atoms with Crippen molar-refractivity contribution in [3.8, 4) is 0 Å². The summed E-state index contributed by atoms with van der Waals surface area (Å²) in [5.74, 6) is 0.125. The van der Waals surface area contributed by atoms with Crippen molar-refractivity contribution in [3.63, 3.8) is 0 Å². The summed E-state index contributed by atoms with van der Waals surface area (Å²) in [6, 6.07) is 2.03. The van der Waals surface area contributed by atoms with Crippen molar-refractivity contribution < 1.29 is 8.42 Å². The van der Waals surface area contributed by atoms with Gasteiger partial charge < -0.3 is 10.6 Å². The molecule has 0 radical (unpaired) electrons. The molecule has 3 rings (SSSR count). The predicted molar refractivity (Wildman–Crippen MR) is 90.9 cm³/mol. The first kappa shape index (κ1) is 15.3. The van der Waals surface area contributed by atoms with Crippen LogP contribution in [0, 0.1) is 0 Å². The first-order valence-corrected chi connectivity index (χ1v) is 10.3. The molecule has 0 bridgehead atoms. The zero-order valence-electron chi connectivity index (χ0n) is 11.2. The summed E-state index contributed by atoms with van der Waals surface area (Å²) in [5, 5.41) is 2.39. The van der Waals surface area contributed by atoms with Gasteiger partial charge in [0.1, 0.15) is 9.90 Å². The number of rotatable bonds is 5. The third-order valence-corrected chi connectivity index (χ3v) is 8.27. The molecule has 1 fully saturated rings. The lowest BCUT2D eigenvalue weighted by Crippen LogP contribution is -2.19. The van der Waals surface area contributed by atoms with Crippen LogP contribution in [-0.4, -0.2) is 25.1 Å². The fourth-order valence-corrected chi connectivity index (χ4v) is 6.33. The lowest BCUT2D eigenvalue weighted by molar-refractivity contribution is 0.595. The molecule has 2 N–H and O–H groups in total. The molecule has 1 saturated carbocycles. The minimum Gasteiger partial charge on any atom is -0.382 e. The summed E-state index contributed by atoms with van der Waals surface area (Å²) in [5.41, 5.74) is 6.94. The van der Waals surface area contributed by atoms with E-state index < -0.39 is 9.84 Å². The van der Waals surface area contributed by atoms with Gasteiger partial charge in [-0.25, -0.2) is 8.42 Å². The molecule has 2 heterocycles. The first-order chi connectivity index (χ1) is 9.89. The highest BCUT2D eigenvalue weighted by atomic mass is 79.9. The first-order valence-electron chi connectivity index (χ1n) is 6.32. The predicted octanol–water partition coefficient (Wildman–Crippen LogP) is 3.12. The lowest BCUT2D eigenvalue weighted by Gasteiger charge is -2.18. The molecule has 2 aromatic rings. The van der Waals surface area contributed by atoms with Gasteiger partial charge in [-0.15, -0.1) is 11.3 Å². The van der Waals surface area contributed by atoms with E-state index in [2.05, 4.69) is 20.3 Å². The quantitative estimate of drug-likeness (QED) is 0.823. The molecule has 2 aromatic heterocycles.